The van der Waals surface area contributed by atoms with Crippen molar-refractivity contribution in [2.75, 3.05) is 11.6 Å². The third-order valence-corrected chi connectivity index (χ3v) is 4.89. The van der Waals surface area contributed by atoms with Crippen LogP contribution in [-0.4, -0.2) is 29.7 Å². The first-order valence-electron chi connectivity index (χ1n) is 8.16. The molecule has 2 aliphatic heterocycles. The summed E-state index contributed by atoms with van der Waals surface area (Å²) in [6.45, 7) is 2.73. The van der Waals surface area contributed by atoms with Gasteiger partial charge in [-0.2, -0.15) is 0 Å². The van der Waals surface area contributed by atoms with Gasteiger partial charge in [-0.05, 0) is 24.3 Å². The number of carboxylic acid groups (broad SMARTS) is 1. The number of halogens is 2. The maximum atomic E-state index is 10.7. The molecule has 1 aromatic carbocycles. The van der Waals surface area contributed by atoms with Crippen LogP contribution in [0, 0.1) is 11.8 Å². The third-order valence-electron chi connectivity index (χ3n) is 4.15. The van der Waals surface area contributed by atoms with Crippen LogP contribution in [0.4, 0.5) is 5.69 Å². The minimum atomic E-state index is -0.962. The zero-order valence-corrected chi connectivity index (χ0v) is 15.6. The van der Waals surface area contributed by atoms with Crippen LogP contribution in [0.25, 0.3) is 0 Å². The molecule has 0 bridgehead atoms. The summed E-state index contributed by atoms with van der Waals surface area (Å²) in [6, 6.07) is 5.44. The summed E-state index contributed by atoms with van der Waals surface area (Å²) >= 11 is 12.0. The molecule has 2 atom stereocenters. The molecule has 0 aromatic heterocycles. The summed E-state index contributed by atoms with van der Waals surface area (Å²) in [4.78, 5) is 19.6. The number of hydrazine groups is 1. The van der Waals surface area contributed by atoms with E-state index >= 15 is 0 Å². The first-order chi connectivity index (χ1) is 12.4. The maximum absolute atomic E-state index is 10.7. The van der Waals surface area contributed by atoms with Crippen molar-refractivity contribution in [3.05, 3.63) is 52.3 Å². The first-order valence-corrected chi connectivity index (χ1v) is 8.92. The maximum Gasteiger partial charge on any atom is 0.327 e. The van der Waals surface area contributed by atoms with Crippen LogP contribution < -0.4 is 10.4 Å². The topological polar surface area (TPSA) is 77.3 Å². The molecular weight excluding hydrogens is 375 g/mol. The summed E-state index contributed by atoms with van der Waals surface area (Å²) in [5.41, 5.74) is 4.14. The van der Waals surface area contributed by atoms with Gasteiger partial charge in [-0.15, -0.1) is 0 Å². The zero-order valence-electron chi connectivity index (χ0n) is 14.1. The van der Waals surface area contributed by atoms with Gasteiger partial charge in [0.1, 0.15) is 11.7 Å². The second-order valence-corrected chi connectivity index (χ2v) is 6.92. The average Bonchev–Trinajstić information content (AvgIpc) is 3.06. The predicted molar refractivity (Wildman–Crippen MR) is 105 cm³/mol. The largest absolute Gasteiger partial charge is 0.478 e. The van der Waals surface area contributed by atoms with E-state index in [4.69, 9.17) is 28.3 Å². The number of aliphatic carboxylic acids is 1. The summed E-state index contributed by atoms with van der Waals surface area (Å²) < 4.78 is 0. The van der Waals surface area contributed by atoms with Crippen molar-refractivity contribution in [2.45, 2.75) is 13.3 Å². The molecule has 0 aliphatic carbocycles. The third kappa shape index (κ3) is 4.45. The van der Waals surface area contributed by atoms with Gasteiger partial charge in [0.05, 0.1) is 15.7 Å². The van der Waals surface area contributed by atoms with Gasteiger partial charge in [0, 0.05) is 37.1 Å². The molecule has 8 heteroatoms. The number of carboxylic acids is 1. The Kier molecular flexibility index (Phi) is 5.64. The van der Waals surface area contributed by atoms with Gasteiger partial charge in [-0.3, -0.25) is 10.4 Å². The Labute approximate surface area is 161 Å². The van der Waals surface area contributed by atoms with Gasteiger partial charge in [0.2, 0.25) is 0 Å². The smallest absolute Gasteiger partial charge is 0.327 e. The number of nitrogens with one attached hydrogen (secondary N) is 1. The van der Waals surface area contributed by atoms with Crippen molar-refractivity contribution in [2.24, 2.45) is 21.8 Å². The van der Waals surface area contributed by atoms with E-state index in [0.29, 0.717) is 15.9 Å². The lowest BCUT2D eigenvalue weighted by Gasteiger charge is -2.19. The highest BCUT2D eigenvalue weighted by Crippen LogP contribution is 2.28. The molecule has 2 N–H and O–H groups in total. The van der Waals surface area contributed by atoms with Crippen LogP contribution in [-0.2, 0) is 4.79 Å². The Morgan fingerprint density at radius 2 is 2.23 bits per heavy atom. The van der Waals surface area contributed by atoms with Crippen LogP contribution in [0.1, 0.15) is 13.3 Å². The Balaban J connectivity index is 1.72. The Bertz CT molecular complexity index is 832. The van der Waals surface area contributed by atoms with Gasteiger partial charge >= 0.3 is 5.97 Å². The normalized spacial score (nSPS) is 24.2. The number of rotatable bonds is 4. The average molecular weight is 393 g/mol. The molecule has 1 saturated heterocycles. The lowest BCUT2D eigenvalue weighted by Crippen LogP contribution is -2.33. The minimum Gasteiger partial charge on any atom is -0.478 e. The van der Waals surface area contributed by atoms with Gasteiger partial charge in [0.15, 0.2) is 0 Å². The molecule has 136 valence electrons. The highest BCUT2D eigenvalue weighted by atomic mass is 35.5. The van der Waals surface area contributed by atoms with Crippen molar-refractivity contribution < 1.29 is 9.90 Å². The van der Waals surface area contributed by atoms with Crippen molar-refractivity contribution in [3.63, 3.8) is 0 Å². The molecule has 6 nitrogen and oxygen atoms in total. The van der Waals surface area contributed by atoms with Gasteiger partial charge in [-0.1, -0.05) is 36.2 Å². The van der Waals surface area contributed by atoms with Crippen LogP contribution in [0.5, 0.6) is 0 Å². The molecule has 26 heavy (non-hydrogen) atoms. The van der Waals surface area contributed by atoms with E-state index in [-0.39, 0.29) is 11.8 Å². The number of allylic oxidation sites excluding steroid dienone is 2. The van der Waals surface area contributed by atoms with Crippen molar-refractivity contribution in [3.8, 4) is 0 Å². The second kappa shape index (κ2) is 7.93. The molecule has 2 heterocycles. The van der Waals surface area contributed by atoms with Crippen LogP contribution in [0.2, 0.25) is 10.0 Å². The van der Waals surface area contributed by atoms with E-state index in [1.165, 1.54) is 0 Å². The Morgan fingerprint density at radius 3 is 2.96 bits per heavy atom. The van der Waals surface area contributed by atoms with E-state index < -0.39 is 5.97 Å². The summed E-state index contributed by atoms with van der Waals surface area (Å²) in [5.74, 6) is 0.474. The fourth-order valence-electron chi connectivity index (χ4n) is 2.70. The summed E-state index contributed by atoms with van der Waals surface area (Å²) in [6.07, 6.45) is 7.21. The fourth-order valence-corrected chi connectivity index (χ4v) is 2.99. The van der Waals surface area contributed by atoms with Crippen LogP contribution in [0.3, 0.4) is 0 Å². The fraction of sp³-hybridized carbons (Fsp3) is 0.278. The number of amidine groups is 1. The van der Waals surface area contributed by atoms with E-state index in [1.54, 1.807) is 24.4 Å². The zero-order chi connectivity index (χ0) is 18.7. The summed E-state index contributed by atoms with van der Waals surface area (Å²) in [5, 5.41) is 11.8. The molecule has 0 spiro atoms. The number of hydrogen-bond donors (Lipinski definition) is 2. The number of aliphatic imine (C=N–C) groups is 2. The number of nitrogens with zero attached hydrogens (tertiary/aromatic N) is 3. The van der Waals surface area contributed by atoms with E-state index in [2.05, 4.69) is 15.4 Å². The number of hydrogen-bond acceptors (Lipinski definition) is 4. The van der Waals surface area contributed by atoms with Crippen molar-refractivity contribution >= 4 is 46.9 Å². The standard InChI is InChI=1S/C18H18Cl2N4O2/c1-11-10-21-17(8-12(11)2-5-18(25)26)22-16-6-7-24(23-16)13-3-4-14(19)15(20)9-13/h2-5,8-12H,6-7H2,1H3,(H,22,23)(H,25,26)/b5-2+. The Morgan fingerprint density at radius 1 is 1.42 bits per heavy atom. The Hall–Kier alpha value is -2.31. The predicted octanol–water partition coefficient (Wildman–Crippen LogP) is 3.93. The number of benzene rings is 1. The van der Waals surface area contributed by atoms with Crippen LogP contribution >= 0.6 is 23.2 Å². The lowest BCUT2D eigenvalue weighted by molar-refractivity contribution is -0.131. The van der Waals surface area contributed by atoms with Crippen molar-refractivity contribution in [1.29, 1.82) is 0 Å². The monoisotopic (exact) mass is 392 g/mol. The highest BCUT2D eigenvalue weighted by molar-refractivity contribution is 6.42. The molecule has 0 saturated carbocycles. The van der Waals surface area contributed by atoms with Gasteiger partial charge < -0.3 is 5.11 Å². The van der Waals surface area contributed by atoms with E-state index in [0.717, 1.165) is 30.6 Å². The molecule has 2 aliphatic rings. The van der Waals surface area contributed by atoms with Gasteiger partial charge in [-0.25, -0.2) is 14.8 Å². The van der Waals surface area contributed by atoms with E-state index in [1.807, 2.05) is 24.1 Å². The highest BCUT2D eigenvalue weighted by Gasteiger charge is 2.20. The molecule has 0 amide bonds. The number of anilines is 1. The molecular formula is C18H18Cl2N4O2. The second-order valence-electron chi connectivity index (χ2n) is 6.11. The first kappa shape index (κ1) is 18.5. The molecule has 2 unspecified atom stereocenters. The molecule has 0 radical (unpaired) electrons. The molecule has 1 fully saturated rings. The van der Waals surface area contributed by atoms with Crippen LogP contribution in [0.15, 0.2) is 52.2 Å². The molecule has 1 aromatic rings. The SMILES string of the molecule is CC1C=NC(/N=C2\CCN(c3ccc(Cl)c(Cl)c3)N2)=CC1/C=C/C(=O)O. The van der Waals surface area contributed by atoms with E-state index in [9.17, 15) is 4.79 Å². The quantitative estimate of drug-likeness (QED) is 0.760. The lowest BCUT2D eigenvalue weighted by atomic mass is 9.92. The summed E-state index contributed by atoms with van der Waals surface area (Å²) in [7, 11) is 0. The van der Waals surface area contributed by atoms with Crippen molar-refractivity contribution in [1.82, 2.24) is 5.43 Å². The number of carbonyl (C=O) groups is 1. The molecule has 3 rings (SSSR count). The minimum absolute atomic E-state index is 0.0458. The van der Waals surface area contributed by atoms with Gasteiger partial charge in [0.25, 0.3) is 0 Å².